The molecule has 1 unspecified atom stereocenters. The van der Waals surface area contributed by atoms with Crippen molar-refractivity contribution in [3.05, 3.63) is 69.5 Å². The number of anilines is 1. The second-order valence-electron chi connectivity index (χ2n) is 8.28. The Hall–Kier alpha value is -3.76. The summed E-state index contributed by atoms with van der Waals surface area (Å²) in [7, 11) is 0. The first-order valence-corrected chi connectivity index (χ1v) is 10.8. The minimum Gasteiger partial charge on any atom is -0.478 e. The van der Waals surface area contributed by atoms with Gasteiger partial charge in [0.15, 0.2) is 11.7 Å². The molecule has 0 saturated heterocycles. The zero-order valence-electron chi connectivity index (χ0n) is 18.7. The number of pyridine rings is 2. The molecule has 11 heteroatoms. The SMILES string of the molecule is Cc1nc2cc(F)c(C3=CCC(C)(O)C(=N)N=C3)nc2c(NCc2cc(C(=O)O)ccc2F)c1Cl. The summed E-state index contributed by atoms with van der Waals surface area (Å²) in [6.07, 6.45) is 2.81. The molecule has 0 fully saturated rings. The van der Waals surface area contributed by atoms with Gasteiger partial charge < -0.3 is 15.5 Å². The third-order valence-corrected chi connectivity index (χ3v) is 6.06. The number of hydrogen-bond acceptors (Lipinski definition) is 6. The van der Waals surface area contributed by atoms with Crippen molar-refractivity contribution in [1.82, 2.24) is 9.97 Å². The number of aliphatic imine (C=N–C) groups is 1. The van der Waals surface area contributed by atoms with Gasteiger partial charge in [0.2, 0.25) is 0 Å². The van der Waals surface area contributed by atoms with Gasteiger partial charge in [-0.2, -0.15) is 0 Å². The van der Waals surface area contributed by atoms with Crippen molar-refractivity contribution in [3.8, 4) is 0 Å². The molecule has 180 valence electrons. The van der Waals surface area contributed by atoms with Gasteiger partial charge >= 0.3 is 5.97 Å². The van der Waals surface area contributed by atoms with Crippen LogP contribution in [0.1, 0.15) is 40.7 Å². The molecular weight excluding hydrogens is 480 g/mol. The van der Waals surface area contributed by atoms with Gasteiger partial charge in [-0.05, 0) is 32.0 Å². The van der Waals surface area contributed by atoms with Gasteiger partial charge in [0.25, 0.3) is 0 Å². The second kappa shape index (κ2) is 9.12. The van der Waals surface area contributed by atoms with E-state index >= 15 is 4.39 Å². The lowest BCUT2D eigenvalue weighted by Gasteiger charge is -2.17. The number of nitrogens with zero attached hydrogens (tertiary/aromatic N) is 3. The Bertz CT molecular complexity index is 1450. The summed E-state index contributed by atoms with van der Waals surface area (Å²) in [5.74, 6) is -2.76. The molecule has 3 aromatic rings. The molecule has 4 rings (SSSR count). The minimum atomic E-state index is -1.51. The van der Waals surface area contributed by atoms with Gasteiger partial charge in [0, 0.05) is 36.4 Å². The first-order chi connectivity index (χ1) is 16.5. The number of aryl methyl sites for hydroxylation is 1. The molecule has 4 N–H and O–H groups in total. The first-order valence-electron chi connectivity index (χ1n) is 10.5. The van der Waals surface area contributed by atoms with Crippen LogP contribution >= 0.6 is 11.6 Å². The largest absolute Gasteiger partial charge is 0.478 e. The molecule has 35 heavy (non-hydrogen) atoms. The minimum absolute atomic E-state index is 0.0253. The van der Waals surface area contributed by atoms with Crippen LogP contribution in [0.4, 0.5) is 14.5 Å². The maximum absolute atomic E-state index is 15.0. The van der Waals surface area contributed by atoms with Crippen molar-refractivity contribution in [2.75, 3.05) is 5.32 Å². The smallest absolute Gasteiger partial charge is 0.335 e. The van der Waals surface area contributed by atoms with Crippen LogP contribution in [0.3, 0.4) is 0 Å². The van der Waals surface area contributed by atoms with Crippen molar-refractivity contribution in [3.63, 3.8) is 0 Å². The van der Waals surface area contributed by atoms with Crippen molar-refractivity contribution >= 4 is 51.9 Å². The standard InChI is InChI=1S/C24H20ClF2N5O3/c1-11-18(25)21(29-10-14-7-12(22(33)34)3-4-15(14)26)20-17(31-11)8-16(27)19(32-20)13-5-6-24(2,35)23(28)30-9-13/h3-5,7-9,28,35H,6,10H2,1-2H3,(H,29,31)(H,33,34). The molecule has 0 amide bonds. The fourth-order valence-electron chi connectivity index (χ4n) is 3.54. The maximum atomic E-state index is 15.0. The lowest BCUT2D eigenvalue weighted by molar-refractivity contribution is 0.0696. The summed E-state index contributed by atoms with van der Waals surface area (Å²) in [4.78, 5) is 23.9. The summed E-state index contributed by atoms with van der Waals surface area (Å²) in [6.45, 7) is 2.94. The van der Waals surface area contributed by atoms with Crippen LogP contribution in [-0.2, 0) is 6.54 Å². The van der Waals surface area contributed by atoms with Gasteiger partial charge in [0.1, 0.15) is 22.6 Å². The number of fused-ring (bicyclic) bond motifs is 1. The molecule has 0 radical (unpaired) electrons. The van der Waals surface area contributed by atoms with E-state index in [1.807, 2.05) is 0 Å². The number of carbonyl (C=O) groups is 1. The number of hydrogen-bond donors (Lipinski definition) is 4. The number of nitrogens with one attached hydrogen (secondary N) is 2. The van der Waals surface area contributed by atoms with E-state index in [0.717, 1.165) is 12.1 Å². The van der Waals surface area contributed by atoms with Crippen molar-refractivity contribution < 1.29 is 23.8 Å². The highest BCUT2D eigenvalue weighted by molar-refractivity contribution is 6.35. The van der Waals surface area contributed by atoms with E-state index in [2.05, 4.69) is 20.3 Å². The van der Waals surface area contributed by atoms with E-state index in [4.69, 9.17) is 17.0 Å². The Balaban J connectivity index is 1.80. The van der Waals surface area contributed by atoms with Crippen molar-refractivity contribution in [2.45, 2.75) is 32.4 Å². The second-order valence-corrected chi connectivity index (χ2v) is 8.66. The third kappa shape index (κ3) is 4.75. The first kappa shape index (κ1) is 24.4. The Morgan fingerprint density at radius 1 is 1.26 bits per heavy atom. The predicted octanol–water partition coefficient (Wildman–Crippen LogP) is 4.77. The van der Waals surface area contributed by atoms with Crippen LogP contribution in [-0.4, -0.2) is 43.8 Å². The average molecular weight is 500 g/mol. The quantitative estimate of drug-likeness (QED) is 0.400. The molecule has 1 aliphatic heterocycles. The summed E-state index contributed by atoms with van der Waals surface area (Å²) < 4.78 is 29.4. The van der Waals surface area contributed by atoms with Gasteiger partial charge in [-0.3, -0.25) is 5.41 Å². The topological polar surface area (TPSA) is 132 Å². The summed E-state index contributed by atoms with van der Waals surface area (Å²) in [6, 6.07) is 4.62. The van der Waals surface area contributed by atoms with Crippen molar-refractivity contribution in [1.29, 1.82) is 5.41 Å². The molecule has 1 atom stereocenters. The van der Waals surface area contributed by atoms with Crippen LogP contribution in [0.25, 0.3) is 16.6 Å². The van der Waals surface area contributed by atoms with Gasteiger partial charge in [0.05, 0.1) is 27.5 Å². The molecule has 8 nitrogen and oxygen atoms in total. The monoisotopic (exact) mass is 499 g/mol. The molecule has 0 aliphatic carbocycles. The van der Waals surface area contributed by atoms with Gasteiger partial charge in [-0.1, -0.05) is 17.7 Å². The number of halogens is 3. The molecule has 0 spiro atoms. The Morgan fingerprint density at radius 3 is 2.71 bits per heavy atom. The van der Waals surface area contributed by atoms with E-state index in [0.29, 0.717) is 5.69 Å². The average Bonchev–Trinajstić information content (AvgIpc) is 2.93. The number of aromatic nitrogens is 2. The number of benzene rings is 1. The Labute approximate surface area is 203 Å². The molecule has 2 aromatic heterocycles. The van der Waals surface area contributed by atoms with Gasteiger partial charge in [-0.25, -0.2) is 28.5 Å². The van der Waals surface area contributed by atoms with Crippen LogP contribution in [0.15, 0.2) is 35.3 Å². The lowest BCUT2D eigenvalue weighted by Crippen LogP contribution is -2.31. The number of aromatic carboxylic acids is 1. The Morgan fingerprint density at radius 2 is 2.00 bits per heavy atom. The third-order valence-electron chi connectivity index (χ3n) is 5.60. The number of allylic oxidation sites excluding steroid dienone is 1. The molecule has 1 aromatic carbocycles. The number of carboxylic acid groups (broad SMARTS) is 1. The molecular formula is C24H20ClF2N5O3. The molecule has 0 saturated carbocycles. The van der Waals surface area contributed by atoms with E-state index < -0.39 is 23.2 Å². The van der Waals surface area contributed by atoms with E-state index in [-0.39, 0.29) is 62.9 Å². The summed E-state index contributed by atoms with van der Waals surface area (Å²) in [5.41, 5.74) is -0.274. The fourth-order valence-corrected chi connectivity index (χ4v) is 3.74. The van der Waals surface area contributed by atoms with Crippen LogP contribution in [0.5, 0.6) is 0 Å². The molecule has 1 aliphatic rings. The highest BCUT2D eigenvalue weighted by atomic mass is 35.5. The van der Waals surface area contributed by atoms with Crippen molar-refractivity contribution in [2.24, 2.45) is 4.99 Å². The van der Waals surface area contributed by atoms with E-state index in [9.17, 15) is 19.4 Å². The predicted molar refractivity (Wildman–Crippen MR) is 129 cm³/mol. The number of rotatable bonds is 5. The van der Waals surface area contributed by atoms with Gasteiger partial charge in [-0.15, -0.1) is 0 Å². The van der Waals surface area contributed by atoms with Crippen LogP contribution in [0, 0.1) is 24.0 Å². The van der Waals surface area contributed by atoms with E-state index in [1.165, 1.54) is 31.3 Å². The number of aliphatic hydroxyl groups is 1. The van der Waals surface area contributed by atoms with E-state index in [1.54, 1.807) is 6.92 Å². The molecule has 3 heterocycles. The number of carboxylic acids is 1. The normalized spacial score (nSPS) is 17.9. The highest BCUT2D eigenvalue weighted by Gasteiger charge is 2.28. The van der Waals surface area contributed by atoms with Crippen LogP contribution < -0.4 is 5.32 Å². The van der Waals surface area contributed by atoms with Crippen LogP contribution in [0.2, 0.25) is 5.02 Å². The highest BCUT2D eigenvalue weighted by Crippen LogP contribution is 2.34. The lowest BCUT2D eigenvalue weighted by atomic mass is 10.00. The fraction of sp³-hybridized carbons (Fsp3) is 0.208. The maximum Gasteiger partial charge on any atom is 0.335 e. The zero-order chi connectivity index (χ0) is 25.5. The zero-order valence-corrected chi connectivity index (χ0v) is 19.4. The summed E-state index contributed by atoms with van der Waals surface area (Å²) in [5, 5.41) is 30.5. The number of amidine groups is 1. The molecule has 0 bridgehead atoms. The Kier molecular flexibility index (Phi) is 6.35. The summed E-state index contributed by atoms with van der Waals surface area (Å²) >= 11 is 6.47.